The molecule has 60 valence electrons. The lowest BCUT2D eigenvalue weighted by molar-refractivity contribution is 0.0687. The fourth-order valence-electron chi connectivity index (χ4n) is 0.779. The molecular weight excluding hydrogens is 157 g/mol. The van der Waals surface area contributed by atoms with E-state index in [0.29, 0.717) is 0 Å². The molecule has 2 radical (unpaired) electrons. The molecule has 5 heteroatoms. The smallest absolute Gasteiger partial charge is 0.358 e. The van der Waals surface area contributed by atoms with E-state index < -0.39 is 5.97 Å². The van der Waals surface area contributed by atoms with Gasteiger partial charge in [-0.25, -0.2) is 4.79 Å². The number of methoxy groups -OCH3 is 1. The van der Waals surface area contributed by atoms with Crippen LogP contribution < -0.4 is 10.3 Å². The number of aromatic nitrogens is 1. The Morgan fingerprint density at radius 3 is 2.83 bits per heavy atom. The molecular formula is C7H6BNO3. The maximum Gasteiger partial charge on any atom is 0.358 e. The molecule has 0 bridgehead atoms. The van der Waals surface area contributed by atoms with Gasteiger partial charge in [-0.05, 0) is 17.7 Å². The van der Waals surface area contributed by atoms with Crippen molar-refractivity contribution in [2.24, 2.45) is 0 Å². The molecule has 0 saturated heterocycles. The third-order valence-corrected chi connectivity index (χ3v) is 1.30. The highest BCUT2D eigenvalue weighted by Gasteiger charge is 2.11. The van der Waals surface area contributed by atoms with Crippen molar-refractivity contribution in [2.45, 2.75) is 0 Å². The van der Waals surface area contributed by atoms with Crippen LogP contribution in [0, 0.1) is 0 Å². The summed E-state index contributed by atoms with van der Waals surface area (Å²) in [7, 11) is 6.66. The maximum atomic E-state index is 10.5. The summed E-state index contributed by atoms with van der Waals surface area (Å²) in [6.45, 7) is 0. The summed E-state index contributed by atoms with van der Waals surface area (Å²) in [5.74, 6) is -0.948. The van der Waals surface area contributed by atoms with Gasteiger partial charge in [-0.2, -0.15) is 0 Å². The lowest BCUT2D eigenvalue weighted by Crippen LogP contribution is -2.14. The molecule has 0 unspecified atom stereocenters. The Kier molecular flexibility index (Phi) is 2.33. The first-order valence-electron chi connectivity index (χ1n) is 3.19. The van der Waals surface area contributed by atoms with Crippen molar-refractivity contribution < 1.29 is 14.6 Å². The zero-order valence-electron chi connectivity index (χ0n) is 6.44. The molecule has 0 aliphatic carbocycles. The van der Waals surface area contributed by atoms with Crippen molar-refractivity contribution in [3.63, 3.8) is 0 Å². The Labute approximate surface area is 70.6 Å². The number of carbonyl (C=O) groups is 1. The predicted molar refractivity (Wildman–Crippen MR) is 43.1 cm³/mol. The van der Waals surface area contributed by atoms with Crippen molar-refractivity contribution in [1.29, 1.82) is 0 Å². The molecule has 0 aliphatic rings. The average molecular weight is 163 g/mol. The molecule has 1 rings (SSSR count). The molecule has 1 aromatic rings. The van der Waals surface area contributed by atoms with Gasteiger partial charge in [0.25, 0.3) is 0 Å². The van der Waals surface area contributed by atoms with E-state index in [1.165, 1.54) is 19.2 Å². The van der Waals surface area contributed by atoms with Crippen LogP contribution in [0.25, 0.3) is 0 Å². The third kappa shape index (κ3) is 1.55. The Morgan fingerprint density at radius 2 is 2.33 bits per heavy atom. The van der Waals surface area contributed by atoms with Crippen LogP contribution in [0.5, 0.6) is 5.75 Å². The minimum Gasteiger partial charge on any atom is -0.494 e. The van der Waals surface area contributed by atoms with E-state index in [0.717, 1.165) is 0 Å². The fraction of sp³-hybridized carbons (Fsp3) is 0.143. The summed E-state index contributed by atoms with van der Waals surface area (Å²) in [5.41, 5.74) is -0.00861. The van der Waals surface area contributed by atoms with Crippen molar-refractivity contribution in [3.8, 4) is 5.75 Å². The zero-order valence-corrected chi connectivity index (χ0v) is 6.44. The monoisotopic (exact) mass is 163 g/mol. The summed E-state index contributed by atoms with van der Waals surface area (Å²) in [5, 5.41) is 8.62. The van der Waals surface area contributed by atoms with Crippen LogP contribution in [0.15, 0.2) is 12.1 Å². The molecule has 4 nitrogen and oxygen atoms in total. The van der Waals surface area contributed by atoms with Crippen LogP contribution in [0.4, 0.5) is 0 Å². The van der Waals surface area contributed by atoms with E-state index in [1.807, 2.05) is 0 Å². The highest BCUT2D eigenvalue weighted by Crippen LogP contribution is 2.12. The fourth-order valence-corrected chi connectivity index (χ4v) is 0.779. The number of rotatable bonds is 2. The first-order chi connectivity index (χ1) is 5.65. The average Bonchev–Trinajstić information content (AvgIpc) is 2.04. The quantitative estimate of drug-likeness (QED) is 0.601. The predicted octanol–water partition coefficient (Wildman–Crippen LogP) is -0.418. The van der Waals surface area contributed by atoms with Gasteiger partial charge in [0.1, 0.15) is 7.85 Å². The Morgan fingerprint density at radius 1 is 1.67 bits per heavy atom. The van der Waals surface area contributed by atoms with Crippen LogP contribution in [0.3, 0.4) is 0 Å². The van der Waals surface area contributed by atoms with E-state index in [9.17, 15) is 4.79 Å². The van der Waals surface area contributed by atoms with Crippen LogP contribution in [0.1, 0.15) is 10.5 Å². The van der Waals surface area contributed by atoms with Crippen molar-refractivity contribution in [1.82, 2.24) is 4.98 Å². The Hall–Kier alpha value is -1.52. The van der Waals surface area contributed by atoms with Gasteiger partial charge in [-0.1, -0.05) is 0 Å². The van der Waals surface area contributed by atoms with Crippen molar-refractivity contribution in [2.75, 3.05) is 7.11 Å². The molecule has 0 fully saturated rings. The number of carboxylic acids is 1. The molecule has 0 aromatic carbocycles. The molecule has 1 aromatic heterocycles. The molecule has 0 aliphatic heterocycles. The molecule has 1 heterocycles. The number of carboxylic acid groups (broad SMARTS) is 1. The number of ether oxygens (including phenoxy) is 1. The largest absolute Gasteiger partial charge is 0.494 e. The lowest BCUT2D eigenvalue weighted by Gasteiger charge is -2.03. The van der Waals surface area contributed by atoms with Gasteiger partial charge in [-0.3, -0.25) is 4.98 Å². The highest BCUT2D eigenvalue weighted by molar-refractivity contribution is 6.30. The van der Waals surface area contributed by atoms with E-state index >= 15 is 0 Å². The number of aromatic carboxylic acids is 1. The van der Waals surface area contributed by atoms with E-state index in [4.69, 9.17) is 17.7 Å². The number of hydrogen-bond acceptors (Lipinski definition) is 3. The summed E-state index contributed by atoms with van der Waals surface area (Å²) in [6.07, 6.45) is 0. The molecule has 0 atom stereocenters. The van der Waals surface area contributed by atoms with E-state index in [2.05, 4.69) is 4.98 Å². The van der Waals surface area contributed by atoms with Crippen LogP contribution >= 0.6 is 0 Å². The van der Waals surface area contributed by atoms with Gasteiger partial charge < -0.3 is 9.84 Å². The van der Waals surface area contributed by atoms with Crippen molar-refractivity contribution >= 4 is 19.4 Å². The molecule has 1 N–H and O–H groups in total. The zero-order chi connectivity index (χ0) is 9.14. The molecule has 0 spiro atoms. The Balaban J connectivity index is 3.21. The minimum atomic E-state index is -1.15. The van der Waals surface area contributed by atoms with Gasteiger partial charge in [0.05, 0.1) is 7.11 Å². The molecule has 12 heavy (non-hydrogen) atoms. The summed E-state index contributed by atoms with van der Waals surface area (Å²) in [6, 6.07) is 2.94. The maximum absolute atomic E-state index is 10.5. The summed E-state index contributed by atoms with van der Waals surface area (Å²) < 4.78 is 4.76. The van der Waals surface area contributed by atoms with Gasteiger partial charge in [0, 0.05) is 0 Å². The number of pyridine rings is 1. The SMILES string of the molecule is [B]c1ccc(OC)c(C(=O)O)n1. The summed E-state index contributed by atoms with van der Waals surface area (Å²) >= 11 is 0. The molecule has 0 saturated carbocycles. The second-order valence-corrected chi connectivity index (χ2v) is 2.09. The van der Waals surface area contributed by atoms with E-state index in [1.54, 1.807) is 0 Å². The second-order valence-electron chi connectivity index (χ2n) is 2.09. The first-order valence-corrected chi connectivity index (χ1v) is 3.19. The van der Waals surface area contributed by atoms with Gasteiger partial charge >= 0.3 is 5.97 Å². The third-order valence-electron chi connectivity index (χ3n) is 1.30. The van der Waals surface area contributed by atoms with Crippen molar-refractivity contribution in [3.05, 3.63) is 17.8 Å². The topological polar surface area (TPSA) is 59.4 Å². The molecule has 0 amide bonds. The van der Waals surface area contributed by atoms with Gasteiger partial charge in [0.2, 0.25) is 0 Å². The van der Waals surface area contributed by atoms with Crippen LogP contribution in [-0.2, 0) is 0 Å². The first kappa shape index (κ1) is 8.58. The summed E-state index contributed by atoms with van der Waals surface area (Å²) in [4.78, 5) is 14.1. The minimum absolute atomic E-state index is 0.160. The van der Waals surface area contributed by atoms with Crippen LogP contribution in [-0.4, -0.2) is 31.0 Å². The second kappa shape index (κ2) is 3.25. The van der Waals surface area contributed by atoms with Gasteiger partial charge in [-0.15, -0.1) is 0 Å². The highest BCUT2D eigenvalue weighted by atomic mass is 16.5. The van der Waals surface area contributed by atoms with Gasteiger partial charge in [0.15, 0.2) is 11.4 Å². The number of nitrogens with zero attached hydrogens (tertiary/aromatic N) is 1. The normalized spacial score (nSPS) is 9.42. The number of hydrogen-bond donors (Lipinski definition) is 1. The standard InChI is InChI=1S/C7H6BNO3/c1-12-4-2-3-5(8)9-6(4)7(10)11/h2-3H,1H3,(H,10,11). The van der Waals surface area contributed by atoms with E-state index in [-0.39, 0.29) is 17.0 Å². The Bertz CT molecular complexity index is 314. The lowest BCUT2D eigenvalue weighted by atomic mass is 10.0. The van der Waals surface area contributed by atoms with Crippen LogP contribution in [0.2, 0.25) is 0 Å².